The Morgan fingerprint density at radius 1 is 1.07 bits per heavy atom. The summed E-state index contributed by atoms with van der Waals surface area (Å²) in [5, 5.41) is 11.6. The fraction of sp³-hybridized carbons (Fsp3) is 0.368. The van der Waals surface area contributed by atoms with Crippen LogP contribution in [-0.2, 0) is 6.42 Å². The number of ether oxygens (including phenoxy) is 3. The van der Waals surface area contributed by atoms with E-state index in [-0.39, 0.29) is 5.92 Å². The molecule has 27 heavy (non-hydrogen) atoms. The normalized spacial score (nSPS) is 22.7. The number of anilines is 1. The van der Waals surface area contributed by atoms with E-state index in [0.29, 0.717) is 24.5 Å². The van der Waals surface area contributed by atoms with E-state index in [1.807, 2.05) is 18.2 Å². The van der Waals surface area contributed by atoms with E-state index in [9.17, 15) is 5.11 Å². The van der Waals surface area contributed by atoms with Crippen LogP contribution in [0.15, 0.2) is 28.7 Å². The third-order valence-electron chi connectivity index (χ3n) is 5.37. The molecule has 4 rings (SSSR count). The summed E-state index contributed by atoms with van der Waals surface area (Å²) in [6.45, 7) is 0.530. The Morgan fingerprint density at radius 2 is 1.74 bits per heavy atom. The average Bonchev–Trinajstić information content (AvgIpc) is 2.96. The zero-order valence-electron chi connectivity index (χ0n) is 15.1. The molecule has 1 N–H and O–H groups in total. The van der Waals surface area contributed by atoms with E-state index in [2.05, 4.69) is 47.5 Å². The van der Waals surface area contributed by atoms with E-state index in [1.54, 1.807) is 30.4 Å². The fourth-order valence-corrected chi connectivity index (χ4v) is 6.32. The van der Waals surface area contributed by atoms with E-state index in [4.69, 9.17) is 14.2 Å². The van der Waals surface area contributed by atoms with Crippen LogP contribution < -0.4 is 18.5 Å². The lowest BCUT2D eigenvalue weighted by atomic mass is 9.78. The lowest BCUT2D eigenvalue weighted by molar-refractivity contribution is 0.0421. The molecular weight excluding hydrogens is 545 g/mol. The topological polar surface area (TPSA) is 51.2 Å². The van der Waals surface area contributed by atoms with Crippen LogP contribution in [0.25, 0.3) is 0 Å². The van der Waals surface area contributed by atoms with Crippen LogP contribution in [0.5, 0.6) is 17.2 Å². The summed E-state index contributed by atoms with van der Waals surface area (Å²) >= 11 is 5.86. The maximum Gasteiger partial charge on any atom is 0.161 e. The molecule has 2 aromatic carbocycles. The molecule has 1 aliphatic heterocycles. The van der Waals surface area contributed by atoms with Crippen molar-refractivity contribution in [3.05, 3.63) is 45.4 Å². The standard InChI is InChI=1S/C19H19BrINO4S/c1-24-15-7-14-12(5-13(15)20)18-11-6-17(26-3)16(25-2)4-10(11)8-19(18,23)9-22(14)27-21/h4-7,18,23H,8-9H2,1-3H3. The van der Waals surface area contributed by atoms with Crippen molar-refractivity contribution in [2.75, 3.05) is 32.2 Å². The summed E-state index contributed by atoms with van der Waals surface area (Å²) in [5.74, 6) is 2.01. The van der Waals surface area contributed by atoms with Crippen molar-refractivity contribution in [2.45, 2.75) is 17.9 Å². The number of benzene rings is 2. The molecule has 144 valence electrons. The van der Waals surface area contributed by atoms with Gasteiger partial charge in [-0.15, -0.1) is 0 Å². The molecule has 0 spiro atoms. The van der Waals surface area contributed by atoms with Crippen LogP contribution in [0, 0.1) is 0 Å². The molecule has 2 unspecified atom stereocenters. The van der Waals surface area contributed by atoms with Gasteiger partial charge in [0.1, 0.15) is 5.75 Å². The van der Waals surface area contributed by atoms with Crippen molar-refractivity contribution in [2.24, 2.45) is 0 Å². The SMILES string of the molecule is COc1cc2c(cc1Br)C1c3cc(OC)c(OC)cc3CC1(O)CN2SI. The second-order valence-electron chi connectivity index (χ2n) is 6.77. The Hall–Kier alpha value is -0.840. The van der Waals surface area contributed by atoms with Gasteiger partial charge >= 0.3 is 0 Å². The highest BCUT2D eigenvalue weighted by Gasteiger charge is 2.51. The second kappa shape index (κ2) is 7.20. The summed E-state index contributed by atoms with van der Waals surface area (Å²) in [6.07, 6.45) is 0.574. The van der Waals surface area contributed by atoms with Crippen LogP contribution in [-0.4, -0.2) is 38.6 Å². The predicted molar refractivity (Wildman–Crippen MR) is 120 cm³/mol. The lowest BCUT2D eigenvalue weighted by Gasteiger charge is -2.42. The number of hydrogen-bond donors (Lipinski definition) is 1. The number of β-amino-alcohol motifs (C(OH)–C–C–N with tert-alkyl or cyclic N) is 1. The molecule has 2 aliphatic rings. The maximum absolute atomic E-state index is 11.6. The first-order valence-corrected chi connectivity index (χ1v) is 12.5. The van der Waals surface area contributed by atoms with Gasteiger partial charge in [-0.25, -0.2) is 0 Å². The largest absolute Gasteiger partial charge is 0.495 e. The molecule has 0 bridgehead atoms. The average molecular weight is 564 g/mol. The number of hydrogen-bond acceptors (Lipinski definition) is 6. The van der Waals surface area contributed by atoms with Gasteiger partial charge in [0.05, 0.1) is 43.6 Å². The Labute approximate surface area is 183 Å². The van der Waals surface area contributed by atoms with Crippen LogP contribution in [0.4, 0.5) is 5.69 Å². The van der Waals surface area contributed by atoms with E-state index in [1.165, 1.54) is 0 Å². The Balaban J connectivity index is 1.94. The molecule has 2 aromatic rings. The Bertz CT molecular complexity index is 912. The maximum atomic E-state index is 11.6. The Kier molecular flexibility index (Phi) is 5.19. The molecule has 0 radical (unpaired) electrons. The summed E-state index contributed by atoms with van der Waals surface area (Å²) in [5.41, 5.74) is 3.43. The van der Waals surface area contributed by atoms with Crippen LogP contribution >= 0.6 is 46.3 Å². The molecule has 0 saturated heterocycles. The molecule has 0 fully saturated rings. The predicted octanol–water partition coefficient (Wildman–Crippen LogP) is 4.71. The van der Waals surface area contributed by atoms with E-state index >= 15 is 0 Å². The number of aliphatic hydroxyl groups is 1. The van der Waals surface area contributed by atoms with Gasteiger partial charge in [-0.1, -0.05) is 0 Å². The lowest BCUT2D eigenvalue weighted by Crippen LogP contribution is -2.48. The third kappa shape index (κ3) is 2.99. The van der Waals surface area contributed by atoms with Crippen molar-refractivity contribution in [3.63, 3.8) is 0 Å². The molecular formula is C19H19BrINO4S. The molecule has 2 atom stereocenters. The first-order chi connectivity index (χ1) is 13.0. The zero-order valence-corrected chi connectivity index (χ0v) is 19.6. The van der Waals surface area contributed by atoms with E-state index < -0.39 is 5.60 Å². The van der Waals surface area contributed by atoms with Crippen molar-refractivity contribution >= 4 is 51.9 Å². The van der Waals surface area contributed by atoms with Crippen LogP contribution in [0.3, 0.4) is 0 Å². The zero-order chi connectivity index (χ0) is 19.3. The first-order valence-electron chi connectivity index (χ1n) is 8.36. The highest BCUT2D eigenvalue weighted by atomic mass is 127. The van der Waals surface area contributed by atoms with Crippen molar-refractivity contribution in [3.8, 4) is 17.2 Å². The summed E-state index contributed by atoms with van der Waals surface area (Å²) in [7, 11) is 6.51. The van der Waals surface area contributed by atoms with Crippen molar-refractivity contribution < 1.29 is 19.3 Å². The minimum atomic E-state index is -0.890. The molecule has 5 nitrogen and oxygen atoms in total. The van der Waals surface area contributed by atoms with Gasteiger partial charge in [0.15, 0.2) is 11.5 Å². The van der Waals surface area contributed by atoms with Gasteiger partial charge in [-0.05, 0) is 50.8 Å². The molecule has 1 heterocycles. The highest BCUT2D eigenvalue weighted by molar-refractivity contribution is 14.2. The highest BCUT2D eigenvalue weighted by Crippen LogP contribution is 2.56. The second-order valence-corrected chi connectivity index (χ2v) is 9.39. The number of rotatable bonds is 4. The molecule has 0 amide bonds. The monoisotopic (exact) mass is 563 g/mol. The number of methoxy groups -OCH3 is 3. The van der Waals surface area contributed by atoms with Gasteiger partial charge in [0.25, 0.3) is 0 Å². The van der Waals surface area contributed by atoms with Gasteiger partial charge in [-0.2, -0.15) is 0 Å². The first kappa shape index (κ1) is 19.5. The number of nitrogens with zero attached hydrogens (tertiary/aromatic N) is 1. The summed E-state index contributed by atoms with van der Waals surface area (Å²) < 4.78 is 19.5. The van der Waals surface area contributed by atoms with Crippen molar-refractivity contribution in [1.82, 2.24) is 0 Å². The molecule has 0 saturated carbocycles. The van der Waals surface area contributed by atoms with Crippen LogP contribution in [0.2, 0.25) is 0 Å². The summed E-state index contributed by atoms with van der Waals surface area (Å²) in [6, 6.07) is 8.09. The van der Waals surface area contributed by atoms with Crippen molar-refractivity contribution in [1.29, 1.82) is 0 Å². The van der Waals surface area contributed by atoms with Gasteiger partial charge in [0, 0.05) is 48.7 Å². The minimum Gasteiger partial charge on any atom is -0.495 e. The van der Waals surface area contributed by atoms with E-state index in [0.717, 1.165) is 32.6 Å². The van der Waals surface area contributed by atoms with Gasteiger partial charge in [-0.3, -0.25) is 0 Å². The smallest absolute Gasteiger partial charge is 0.161 e. The van der Waals surface area contributed by atoms with Crippen LogP contribution in [0.1, 0.15) is 22.6 Å². The quantitative estimate of drug-likeness (QED) is 0.429. The number of halogens is 2. The summed E-state index contributed by atoms with van der Waals surface area (Å²) in [4.78, 5) is 0. The molecule has 1 aliphatic carbocycles. The van der Waals surface area contributed by atoms with Gasteiger partial charge in [0.2, 0.25) is 0 Å². The van der Waals surface area contributed by atoms with Gasteiger partial charge < -0.3 is 23.6 Å². The minimum absolute atomic E-state index is 0.135. The third-order valence-corrected chi connectivity index (χ3v) is 7.91. The molecule has 8 heteroatoms. The Morgan fingerprint density at radius 3 is 2.37 bits per heavy atom. The number of fused-ring (bicyclic) bond motifs is 5. The fourth-order valence-electron chi connectivity index (χ4n) is 4.24. The molecule has 0 aromatic heterocycles.